The van der Waals surface area contributed by atoms with E-state index in [1.165, 1.54) is 6.33 Å². The number of ether oxygens (including phenoxy) is 1. The van der Waals surface area contributed by atoms with Crippen LogP contribution in [0.1, 0.15) is 24.4 Å². The molecule has 2 heterocycles. The van der Waals surface area contributed by atoms with Crippen molar-refractivity contribution in [2.75, 3.05) is 12.8 Å². The Balaban J connectivity index is 1.46. The molecule has 32 heavy (non-hydrogen) atoms. The van der Waals surface area contributed by atoms with E-state index in [1.54, 1.807) is 7.05 Å². The van der Waals surface area contributed by atoms with Crippen LogP contribution in [0.15, 0.2) is 67.1 Å². The fourth-order valence-electron chi connectivity index (χ4n) is 4.33. The highest BCUT2D eigenvalue weighted by Crippen LogP contribution is 2.43. The van der Waals surface area contributed by atoms with Gasteiger partial charge in [-0.1, -0.05) is 42.5 Å². The second-order valence-electron chi connectivity index (χ2n) is 8.15. The number of fused-ring (bicyclic) bond motifs is 1. The molecule has 0 aliphatic heterocycles. The van der Waals surface area contributed by atoms with Gasteiger partial charge in [-0.15, -0.1) is 0 Å². The van der Waals surface area contributed by atoms with Gasteiger partial charge in [-0.3, -0.25) is 4.79 Å². The molecule has 3 N–H and O–H groups in total. The average molecular weight is 428 g/mol. The van der Waals surface area contributed by atoms with Gasteiger partial charge >= 0.3 is 0 Å². The topological polar surface area (TPSA) is 95.1 Å². The van der Waals surface area contributed by atoms with Crippen molar-refractivity contribution in [2.24, 2.45) is 5.92 Å². The summed E-state index contributed by atoms with van der Waals surface area (Å²) in [7, 11) is 1.68. The molecule has 0 unspecified atom stereocenters. The molecule has 1 saturated carbocycles. The van der Waals surface area contributed by atoms with Crippen LogP contribution in [-0.2, 0) is 11.4 Å². The minimum absolute atomic E-state index is 0.0415. The lowest BCUT2D eigenvalue weighted by atomic mass is 9.79. The summed E-state index contributed by atoms with van der Waals surface area (Å²) >= 11 is 0. The Morgan fingerprint density at radius 3 is 2.75 bits per heavy atom. The van der Waals surface area contributed by atoms with Gasteiger partial charge in [-0.05, 0) is 36.1 Å². The first-order valence-electron chi connectivity index (χ1n) is 10.7. The number of anilines is 1. The van der Waals surface area contributed by atoms with E-state index in [-0.39, 0.29) is 17.9 Å². The zero-order valence-electron chi connectivity index (χ0n) is 17.9. The second kappa shape index (κ2) is 8.34. The van der Waals surface area contributed by atoms with Gasteiger partial charge in [0, 0.05) is 30.8 Å². The molecule has 1 amide bonds. The van der Waals surface area contributed by atoms with Crippen molar-refractivity contribution >= 4 is 22.8 Å². The average Bonchev–Trinajstić information content (AvgIpc) is 3.18. The number of carbonyl (C=O) groups is 1. The van der Waals surface area contributed by atoms with Crippen molar-refractivity contribution < 1.29 is 9.53 Å². The number of rotatable bonds is 6. The van der Waals surface area contributed by atoms with Crippen molar-refractivity contribution in [1.82, 2.24) is 19.9 Å². The van der Waals surface area contributed by atoms with Crippen molar-refractivity contribution in [2.45, 2.75) is 25.5 Å². The van der Waals surface area contributed by atoms with E-state index >= 15 is 0 Å². The summed E-state index contributed by atoms with van der Waals surface area (Å²) in [5.74, 6) is 1.36. The Hall–Kier alpha value is -3.87. The quantitative estimate of drug-likeness (QED) is 0.486. The standard InChI is InChI=1S/C25H25N5O2/c1-27-25(31)18-10-19(11-18)30-13-21(22-23(26)28-15-29-24(22)30)17-8-5-9-20(12-17)32-14-16-6-3-2-4-7-16/h2-9,12-13,15,18-19H,10-11,14H2,1H3,(H,27,31)(H2,26,28,29). The lowest BCUT2D eigenvalue weighted by Crippen LogP contribution is -2.37. The third-order valence-electron chi connectivity index (χ3n) is 6.16. The summed E-state index contributed by atoms with van der Waals surface area (Å²) in [5, 5.41) is 3.57. The van der Waals surface area contributed by atoms with Crippen LogP contribution < -0.4 is 15.8 Å². The van der Waals surface area contributed by atoms with E-state index in [1.807, 2.05) is 54.6 Å². The molecule has 1 aliphatic rings. The molecule has 162 valence electrons. The fraction of sp³-hybridized carbons (Fsp3) is 0.240. The van der Waals surface area contributed by atoms with Crippen molar-refractivity contribution in [3.8, 4) is 16.9 Å². The van der Waals surface area contributed by atoms with Crippen molar-refractivity contribution in [3.05, 3.63) is 72.7 Å². The molecule has 0 spiro atoms. The maximum absolute atomic E-state index is 11.9. The highest BCUT2D eigenvalue weighted by molar-refractivity contribution is 6.00. The molecule has 2 aromatic carbocycles. The third-order valence-corrected chi connectivity index (χ3v) is 6.16. The lowest BCUT2D eigenvalue weighted by molar-refractivity contribution is -0.128. The molecule has 1 fully saturated rings. The SMILES string of the molecule is CNC(=O)C1CC(n2cc(-c3cccc(OCc4ccccc4)c3)c3c(N)ncnc32)C1. The molecule has 2 aromatic heterocycles. The largest absolute Gasteiger partial charge is 0.489 e. The minimum atomic E-state index is 0.0415. The molecular formula is C25H25N5O2. The normalized spacial score (nSPS) is 17.7. The Morgan fingerprint density at radius 2 is 1.97 bits per heavy atom. The maximum Gasteiger partial charge on any atom is 0.223 e. The molecule has 5 rings (SSSR count). The fourth-order valence-corrected chi connectivity index (χ4v) is 4.33. The number of hydrogen-bond donors (Lipinski definition) is 2. The first-order valence-corrected chi connectivity index (χ1v) is 10.7. The van der Waals surface area contributed by atoms with E-state index < -0.39 is 0 Å². The van der Waals surface area contributed by atoms with E-state index in [4.69, 9.17) is 10.5 Å². The first-order chi connectivity index (χ1) is 15.6. The molecule has 4 aromatic rings. The molecule has 0 bridgehead atoms. The van der Waals surface area contributed by atoms with Crippen LogP contribution in [0.25, 0.3) is 22.2 Å². The van der Waals surface area contributed by atoms with Gasteiger partial charge in [0.1, 0.15) is 30.1 Å². The number of amides is 1. The van der Waals surface area contributed by atoms with Gasteiger partial charge in [-0.25, -0.2) is 9.97 Å². The van der Waals surface area contributed by atoms with Crippen molar-refractivity contribution in [1.29, 1.82) is 0 Å². The van der Waals surface area contributed by atoms with Gasteiger partial charge < -0.3 is 20.4 Å². The van der Waals surface area contributed by atoms with Crippen LogP contribution in [0.5, 0.6) is 5.75 Å². The van der Waals surface area contributed by atoms with Crippen LogP contribution in [0.3, 0.4) is 0 Å². The van der Waals surface area contributed by atoms with Gasteiger partial charge in [0.2, 0.25) is 5.91 Å². The Bertz CT molecular complexity index is 1260. The zero-order chi connectivity index (χ0) is 22.1. The number of nitrogens with zero attached hydrogens (tertiary/aromatic N) is 3. The lowest BCUT2D eigenvalue weighted by Gasteiger charge is -2.35. The van der Waals surface area contributed by atoms with Crippen LogP contribution >= 0.6 is 0 Å². The molecule has 7 heteroatoms. The highest BCUT2D eigenvalue weighted by Gasteiger charge is 2.36. The predicted molar refractivity (Wildman–Crippen MR) is 124 cm³/mol. The third kappa shape index (κ3) is 3.66. The molecule has 0 saturated heterocycles. The number of nitrogens with two attached hydrogens (primary N) is 1. The number of aromatic nitrogens is 3. The smallest absolute Gasteiger partial charge is 0.223 e. The van der Waals surface area contributed by atoms with E-state index in [9.17, 15) is 4.79 Å². The van der Waals surface area contributed by atoms with Crippen LogP contribution in [0.4, 0.5) is 5.82 Å². The minimum Gasteiger partial charge on any atom is -0.489 e. The molecule has 0 radical (unpaired) electrons. The summed E-state index contributed by atoms with van der Waals surface area (Å²) in [6, 6.07) is 18.3. The molecular weight excluding hydrogens is 402 g/mol. The van der Waals surface area contributed by atoms with Crippen LogP contribution in [-0.4, -0.2) is 27.5 Å². The van der Waals surface area contributed by atoms with Crippen molar-refractivity contribution in [3.63, 3.8) is 0 Å². The first kappa shape index (κ1) is 20.1. The summed E-state index contributed by atoms with van der Waals surface area (Å²) in [5.41, 5.74) is 10.1. The predicted octanol–water partition coefficient (Wildman–Crippen LogP) is 3.96. The Kier molecular flexibility index (Phi) is 5.23. The molecule has 0 atom stereocenters. The monoisotopic (exact) mass is 427 g/mol. The van der Waals surface area contributed by atoms with E-state index in [0.29, 0.717) is 12.4 Å². The second-order valence-corrected chi connectivity index (χ2v) is 8.15. The van der Waals surface area contributed by atoms with E-state index in [2.05, 4.69) is 26.0 Å². The summed E-state index contributed by atoms with van der Waals surface area (Å²) in [4.78, 5) is 20.7. The number of nitrogens with one attached hydrogen (secondary N) is 1. The molecule has 1 aliphatic carbocycles. The van der Waals surface area contributed by atoms with Crippen LogP contribution in [0, 0.1) is 5.92 Å². The highest BCUT2D eigenvalue weighted by atomic mass is 16.5. The zero-order valence-corrected chi connectivity index (χ0v) is 17.9. The molecule has 7 nitrogen and oxygen atoms in total. The number of benzene rings is 2. The number of carbonyl (C=O) groups excluding carboxylic acids is 1. The van der Waals surface area contributed by atoms with Gasteiger partial charge in [-0.2, -0.15) is 0 Å². The van der Waals surface area contributed by atoms with Gasteiger partial charge in [0.25, 0.3) is 0 Å². The maximum atomic E-state index is 11.9. The Labute approximate surface area is 186 Å². The summed E-state index contributed by atoms with van der Waals surface area (Å²) < 4.78 is 8.16. The van der Waals surface area contributed by atoms with E-state index in [0.717, 1.165) is 46.3 Å². The Morgan fingerprint density at radius 1 is 1.16 bits per heavy atom. The number of hydrogen-bond acceptors (Lipinski definition) is 5. The van der Waals surface area contributed by atoms with Crippen LogP contribution in [0.2, 0.25) is 0 Å². The van der Waals surface area contributed by atoms with Gasteiger partial charge in [0.15, 0.2) is 0 Å². The van der Waals surface area contributed by atoms with Gasteiger partial charge in [0.05, 0.1) is 5.39 Å². The number of nitrogen functional groups attached to an aromatic ring is 1. The summed E-state index contributed by atoms with van der Waals surface area (Å²) in [6.45, 7) is 0.500. The summed E-state index contributed by atoms with van der Waals surface area (Å²) in [6.07, 6.45) is 5.14.